The van der Waals surface area contributed by atoms with Crippen molar-refractivity contribution in [3.8, 4) is 5.75 Å². The molecule has 1 saturated heterocycles. The number of rotatable bonds is 8. The monoisotopic (exact) mass is 423 g/mol. The van der Waals surface area contributed by atoms with Gasteiger partial charge in [0.15, 0.2) is 11.4 Å². The van der Waals surface area contributed by atoms with Gasteiger partial charge in [0.25, 0.3) is 0 Å². The van der Waals surface area contributed by atoms with E-state index < -0.39 is 22.0 Å². The first-order valence-electron chi connectivity index (χ1n) is 8.70. The van der Waals surface area contributed by atoms with Gasteiger partial charge < -0.3 is 9.26 Å². The first kappa shape index (κ1) is 19.1. The third-order valence-corrected chi connectivity index (χ3v) is 6.83. The average Bonchev–Trinajstić information content (AvgIpc) is 3.27. The van der Waals surface area contributed by atoms with Crippen molar-refractivity contribution in [3.05, 3.63) is 36.2 Å². The number of fused-ring (bicyclic) bond motifs is 1. The maximum Gasteiger partial charge on any atom is 0.192 e. The standard InChI is InChI=1S/C17H21N5O4S2/c1-25-14-6-12(8-21-5-3-4-18-21)7-15-16(14)17(19-26-15)20-28(24)11-13-9-22(10-13)27(2)23/h3-7,13H,8-11H2,1-2H3,(H,19,20). The van der Waals surface area contributed by atoms with Gasteiger partial charge in [-0.1, -0.05) is 5.16 Å². The number of hydrogen-bond acceptors (Lipinski definition) is 6. The van der Waals surface area contributed by atoms with Crippen LogP contribution in [0.1, 0.15) is 5.56 Å². The summed E-state index contributed by atoms with van der Waals surface area (Å²) in [5.74, 6) is 1.70. The molecule has 11 heteroatoms. The van der Waals surface area contributed by atoms with Crippen LogP contribution in [0.15, 0.2) is 35.1 Å². The number of aromatic nitrogens is 3. The highest BCUT2D eigenvalue weighted by molar-refractivity contribution is 7.86. The molecule has 4 rings (SSSR count). The molecule has 28 heavy (non-hydrogen) atoms. The van der Waals surface area contributed by atoms with E-state index in [1.165, 1.54) is 0 Å². The lowest BCUT2D eigenvalue weighted by atomic mass is 10.1. The van der Waals surface area contributed by atoms with Gasteiger partial charge in [0.05, 0.1) is 24.6 Å². The van der Waals surface area contributed by atoms with Gasteiger partial charge >= 0.3 is 0 Å². The zero-order valence-corrected chi connectivity index (χ0v) is 17.2. The highest BCUT2D eigenvalue weighted by Crippen LogP contribution is 2.34. The summed E-state index contributed by atoms with van der Waals surface area (Å²) in [5, 5.41) is 8.90. The third-order valence-electron chi connectivity index (χ3n) is 4.61. The molecule has 3 heterocycles. The van der Waals surface area contributed by atoms with Gasteiger partial charge in [0.1, 0.15) is 22.1 Å². The first-order chi connectivity index (χ1) is 13.5. The second-order valence-electron chi connectivity index (χ2n) is 6.66. The van der Waals surface area contributed by atoms with E-state index in [1.54, 1.807) is 24.2 Å². The lowest BCUT2D eigenvalue weighted by Crippen LogP contribution is -2.49. The van der Waals surface area contributed by atoms with Gasteiger partial charge in [0, 0.05) is 37.5 Å². The maximum atomic E-state index is 12.5. The number of hydrogen-bond donors (Lipinski definition) is 1. The summed E-state index contributed by atoms with van der Waals surface area (Å²) in [5.41, 5.74) is 1.51. The summed E-state index contributed by atoms with van der Waals surface area (Å²) >= 11 is 0. The van der Waals surface area contributed by atoms with Crippen molar-refractivity contribution in [2.24, 2.45) is 5.92 Å². The number of nitrogens with zero attached hydrogens (tertiary/aromatic N) is 4. The molecule has 3 aromatic rings. The molecule has 1 N–H and O–H groups in total. The van der Waals surface area contributed by atoms with E-state index in [1.807, 2.05) is 28.7 Å². The Labute approximate surface area is 167 Å². The van der Waals surface area contributed by atoms with Crippen LogP contribution in [0.25, 0.3) is 11.0 Å². The summed E-state index contributed by atoms with van der Waals surface area (Å²) in [7, 11) is -0.709. The Balaban J connectivity index is 1.48. The Bertz CT molecular complexity index is 1010. The van der Waals surface area contributed by atoms with Crippen molar-refractivity contribution in [1.82, 2.24) is 19.2 Å². The van der Waals surface area contributed by atoms with Gasteiger partial charge in [-0.15, -0.1) is 0 Å². The van der Waals surface area contributed by atoms with Crippen molar-refractivity contribution in [2.45, 2.75) is 6.54 Å². The third kappa shape index (κ3) is 3.96. The SMILES string of the molecule is COc1cc(Cn2cccn2)cc2onc(NS(=O)CC3CN(S(C)=O)C3)c12. The number of ether oxygens (including phenoxy) is 1. The van der Waals surface area contributed by atoms with E-state index in [9.17, 15) is 8.42 Å². The van der Waals surface area contributed by atoms with Gasteiger partial charge in [-0.3, -0.25) is 9.40 Å². The Morgan fingerprint density at radius 3 is 2.86 bits per heavy atom. The van der Waals surface area contributed by atoms with Gasteiger partial charge in [-0.05, 0) is 29.7 Å². The van der Waals surface area contributed by atoms with Crippen LogP contribution in [0.4, 0.5) is 5.82 Å². The molecule has 1 fully saturated rings. The molecule has 1 aromatic carbocycles. The molecule has 2 atom stereocenters. The molecule has 0 amide bonds. The minimum atomic E-state index is -1.32. The Kier molecular flexibility index (Phi) is 5.47. The van der Waals surface area contributed by atoms with E-state index in [0.29, 0.717) is 47.9 Å². The summed E-state index contributed by atoms with van der Waals surface area (Å²) < 4.78 is 41.4. The molecule has 9 nitrogen and oxygen atoms in total. The minimum absolute atomic E-state index is 0.248. The van der Waals surface area contributed by atoms with Gasteiger partial charge in [-0.25, -0.2) is 12.7 Å². The maximum absolute atomic E-state index is 12.5. The number of nitrogens with one attached hydrogen (secondary N) is 1. The number of benzene rings is 1. The normalized spacial score (nSPS) is 17.4. The van der Waals surface area contributed by atoms with Crippen LogP contribution in [-0.2, 0) is 28.5 Å². The lowest BCUT2D eigenvalue weighted by molar-refractivity contribution is 0.233. The summed E-state index contributed by atoms with van der Waals surface area (Å²) in [4.78, 5) is 0. The quantitative estimate of drug-likeness (QED) is 0.587. The predicted octanol–water partition coefficient (Wildman–Crippen LogP) is 1.38. The Morgan fingerprint density at radius 1 is 1.36 bits per heavy atom. The fraction of sp³-hybridized carbons (Fsp3) is 0.412. The van der Waals surface area contributed by atoms with Gasteiger partial charge in [-0.2, -0.15) is 5.10 Å². The second-order valence-corrected chi connectivity index (χ2v) is 9.25. The van der Waals surface area contributed by atoms with Crippen molar-refractivity contribution >= 4 is 38.8 Å². The van der Waals surface area contributed by atoms with E-state index >= 15 is 0 Å². The molecule has 0 saturated carbocycles. The molecule has 0 aliphatic carbocycles. The zero-order chi connectivity index (χ0) is 19.7. The largest absolute Gasteiger partial charge is 0.496 e. The van der Waals surface area contributed by atoms with E-state index in [-0.39, 0.29) is 5.92 Å². The molecule has 0 bridgehead atoms. The van der Waals surface area contributed by atoms with E-state index in [0.717, 1.165) is 5.56 Å². The molecule has 150 valence electrons. The van der Waals surface area contributed by atoms with Crippen molar-refractivity contribution < 1.29 is 17.7 Å². The lowest BCUT2D eigenvalue weighted by Gasteiger charge is -2.36. The van der Waals surface area contributed by atoms with Crippen LogP contribution in [0.2, 0.25) is 0 Å². The first-order valence-corrected chi connectivity index (χ1v) is 11.5. The molecule has 0 spiro atoms. The zero-order valence-electron chi connectivity index (χ0n) is 15.5. The van der Waals surface area contributed by atoms with Crippen LogP contribution in [0.3, 0.4) is 0 Å². The van der Waals surface area contributed by atoms with E-state index in [4.69, 9.17) is 9.26 Å². The van der Waals surface area contributed by atoms with Crippen molar-refractivity contribution in [1.29, 1.82) is 0 Å². The second kappa shape index (κ2) is 8.02. The van der Waals surface area contributed by atoms with Crippen LogP contribution in [-0.4, -0.2) is 59.9 Å². The number of anilines is 1. The molecule has 0 radical (unpaired) electrons. The number of methoxy groups -OCH3 is 1. The van der Waals surface area contributed by atoms with Crippen LogP contribution in [0.5, 0.6) is 5.75 Å². The van der Waals surface area contributed by atoms with Crippen molar-refractivity contribution in [2.75, 3.05) is 36.9 Å². The molecule has 1 aliphatic rings. The van der Waals surface area contributed by atoms with Crippen LogP contribution in [0, 0.1) is 5.92 Å². The molecule has 1 aliphatic heterocycles. The fourth-order valence-corrected chi connectivity index (χ4v) is 5.11. The van der Waals surface area contributed by atoms with Crippen LogP contribution >= 0.6 is 0 Å². The minimum Gasteiger partial charge on any atom is -0.496 e. The summed E-state index contributed by atoms with van der Waals surface area (Å²) in [6.45, 7) is 1.96. The predicted molar refractivity (Wildman–Crippen MR) is 108 cm³/mol. The smallest absolute Gasteiger partial charge is 0.192 e. The molecule has 2 aromatic heterocycles. The fourth-order valence-electron chi connectivity index (χ4n) is 3.19. The summed E-state index contributed by atoms with van der Waals surface area (Å²) in [6.07, 6.45) is 5.25. The molecular weight excluding hydrogens is 402 g/mol. The van der Waals surface area contributed by atoms with E-state index in [2.05, 4.69) is 15.0 Å². The summed E-state index contributed by atoms with van der Waals surface area (Å²) in [6, 6.07) is 5.64. The average molecular weight is 424 g/mol. The van der Waals surface area contributed by atoms with Crippen molar-refractivity contribution in [3.63, 3.8) is 0 Å². The van der Waals surface area contributed by atoms with Gasteiger partial charge in [0.2, 0.25) is 0 Å². The highest BCUT2D eigenvalue weighted by Gasteiger charge is 2.31. The molecular formula is C17H21N5O4S2. The Hall–Kier alpha value is -2.24. The Morgan fingerprint density at radius 2 is 2.18 bits per heavy atom. The van der Waals surface area contributed by atoms with Crippen LogP contribution < -0.4 is 9.46 Å². The molecule has 2 unspecified atom stereocenters. The highest BCUT2D eigenvalue weighted by atomic mass is 32.2. The topological polar surface area (TPSA) is 102 Å².